The molecule has 134 valence electrons. The molecule has 0 saturated carbocycles. The summed E-state index contributed by atoms with van der Waals surface area (Å²) in [4.78, 5) is 26.6. The summed E-state index contributed by atoms with van der Waals surface area (Å²) in [6.45, 7) is 0.237. The van der Waals surface area contributed by atoms with E-state index in [0.717, 1.165) is 21.8 Å². The molecule has 0 N–H and O–H groups in total. The first kappa shape index (κ1) is 18.5. The molecule has 1 fully saturated rings. The number of carbonyl (C=O) groups is 2. The van der Waals surface area contributed by atoms with Gasteiger partial charge in [-0.25, -0.2) is 0 Å². The van der Waals surface area contributed by atoms with Crippen LogP contribution in [0, 0.1) is 0 Å². The number of hydrogen-bond donors (Lipinski definition) is 0. The zero-order valence-corrected chi connectivity index (χ0v) is 16.6. The van der Waals surface area contributed by atoms with Crippen LogP contribution in [0.1, 0.15) is 11.1 Å². The number of carbonyl (C=O) groups excluding carboxylic acids is 2. The van der Waals surface area contributed by atoms with Crippen LogP contribution in [0.4, 0.5) is 4.79 Å². The highest BCUT2D eigenvalue weighted by molar-refractivity contribution is 9.10. The van der Waals surface area contributed by atoms with E-state index < -0.39 is 0 Å². The summed E-state index contributed by atoms with van der Waals surface area (Å²) in [6, 6.07) is 12.8. The van der Waals surface area contributed by atoms with Gasteiger partial charge >= 0.3 is 0 Å². The highest BCUT2D eigenvalue weighted by Gasteiger charge is 2.35. The van der Waals surface area contributed by atoms with Crippen LogP contribution in [-0.4, -0.2) is 30.3 Å². The van der Waals surface area contributed by atoms with Crippen LogP contribution in [0.5, 0.6) is 11.5 Å². The molecule has 0 aliphatic carbocycles. The molecule has 0 spiro atoms. The summed E-state index contributed by atoms with van der Waals surface area (Å²) in [5.41, 5.74) is 1.59. The Morgan fingerprint density at radius 1 is 1.12 bits per heavy atom. The van der Waals surface area contributed by atoms with Crippen molar-refractivity contribution in [2.24, 2.45) is 0 Å². The number of thioether (sulfide) groups is 1. The molecule has 5 nitrogen and oxygen atoms in total. The Kier molecular flexibility index (Phi) is 5.68. The summed E-state index contributed by atoms with van der Waals surface area (Å²) in [6.07, 6.45) is 1.67. The second kappa shape index (κ2) is 7.97. The number of benzene rings is 2. The maximum absolute atomic E-state index is 12.7. The minimum absolute atomic E-state index is 0.237. The van der Waals surface area contributed by atoms with Crippen molar-refractivity contribution in [3.63, 3.8) is 0 Å². The monoisotopic (exact) mass is 433 g/mol. The van der Waals surface area contributed by atoms with Gasteiger partial charge in [-0.3, -0.25) is 14.5 Å². The van der Waals surface area contributed by atoms with E-state index in [4.69, 9.17) is 9.47 Å². The largest absolute Gasteiger partial charge is 0.497 e. The molecule has 0 unspecified atom stereocenters. The van der Waals surface area contributed by atoms with Crippen LogP contribution < -0.4 is 9.47 Å². The third-order valence-electron chi connectivity index (χ3n) is 3.83. The van der Waals surface area contributed by atoms with Gasteiger partial charge in [-0.2, -0.15) is 0 Å². The molecule has 26 heavy (non-hydrogen) atoms. The number of amides is 2. The molecule has 2 amide bonds. The van der Waals surface area contributed by atoms with E-state index in [1.165, 1.54) is 4.90 Å². The van der Waals surface area contributed by atoms with Gasteiger partial charge in [-0.1, -0.05) is 28.1 Å². The van der Waals surface area contributed by atoms with Crippen LogP contribution in [-0.2, 0) is 11.3 Å². The normalized spacial score (nSPS) is 15.7. The highest BCUT2D eigenvalue weighted by Crippen LogP contribution is 2.35. The number of methoxy groups -OCH3 is 2. The van der Waals surface area contributed by atoms with Gasteiger partial charge in [0.05, 0.1) is 25.7 Å². The molecule has 1 aliphatic rings. The van der Waals surface area contributed by atoms with Crippen LogP contribution in [0.2, 0.25) is 0 Å². The molecular formula is C19H16BrNO4S. The zero-order chi connectivity index (χ0) is 18.7. The summed E-state index contributed by atoms with van der Waals surface area (Å²) in [5, 5.41) is -0.284. The lowest BCUT2D eigenvalue weighted by Gasteiger charge is -2.12. The summed E-state index contributed by atoms with van der Waals surface area (Å²) >= 11 is 4.33. The van der Waals surface area contributed by atoms with Crippen molar-refractivity contribution in [1.29, 1.82) is 0 Å². The minimum atomic E-state index is -0.308. The second-order valence-corrected chi connectivity index (χ2v) is 7.41. The maximum Gasteiger partial charge on any atom is 0.293 e. The van der Waals surface area contributed by atoms with Gasteiger partial charge in [-0.05, 0) is 47.7 Å². The Morgan fingerprint density at radius 3 is 2.62 bits per heavy atom. The lowest BCUT2D eigenvalue weighted by Crippen LogP contribution is -2.27. The number of hydrogen-bond acceptors (Lipinski definition) is 5. The molecule has 1 aliphatic heterocycles. The predicted octanol–water partition coefficient (Wildman–Crippen LogP) is 4.70. The molecular weight excluding hydrogens is 418 g/mol. The Bertz CT molecular complexity index is 897. The Hall–Kier alpha value is -2.25. The molecule has 0 bridgehead atoms. The predicted molar refractivity (Wildman–Crippen MR) is 105 cm³/mol. The van der Waals surface area contributed by atoms with Gasteiger partial charge in [0.2, 0.25) is 0 Å². The molecule has 1 heterocycles. The van der Waals surface area contributed by atoms with Gasteiger partial charge < -0.3 is 9.47 Å². The quantitative estimate of drug-likeness (QED) is 0.639. The van der Waals surface area contributed by atoms with E-state index in [1.807, 2.05) is 24.3 Å². The standard InChI is InChI=1S/C19H16BrNO4S/c1-24-15-7-6-13(16(10-15)25-2)9-17-18(22)21(19(23)26-17)11-12-4-3-5-14(20)8-12/h3-10H,11H2,1-2H3/b17-9+. The SMILES string of the molecule is COc1ccc(/C=C2/SC(=O)N(Cc3cccc(Br)c3)C2=O)c(OC)c1. The number of halogens is 1. The Morgan fingerprint density at radius 2 is 1.92 bits per heavy atom. The van der Waals surface area contributed by atoms with Gasteiger partial charge in [0.1, 0.15) is 11.5 Å². The van der Waals surface area contributed by atoms with Crippen molar-refractivity contribution in [2.45, 2.75) is 6.54 Å². The molecule has 3 rings (SSSR count). The zero-order valence-electron chi connectivity index (χ0n) is 14.2. The van der Waals surface area contributed by atoms with E-state index >= 15 is 0 Å². The van der Waals surface area contributed by atoms with E-state index in [2.05, 4.69) is 15.9 Å². The molecule has 7 heteroatoms. The third-order valence-corrected chi connectivity index (χ3v) is 5.23. The number of ether oxygens (including phenoxy) is 2. The molecule has 0 radical (unpaired) electrons. The lowest BCUT2D eigenvalue weighted by molar-refractivity contribution is -0.123. The van der Waals surface area contributed by atoms with Gasteiger partial charge in [0, 0.05) is 16.1 Å². The maximum atomic E-state index is 12.7. The highest BCUT2D eigenvalue weighted by atomic mass is 79.9. The number of nitrogens with zero attached hydrogens (tertiary/aromatic N) is 1. The second-order valence-electron chi connectivity index (χ2n) is 5.51. The summed E-state index contributed by atoms with van der Waals surface area (Å²) in [7, 11) is 3.12. The first-order valence-electron chi connectivity index (χ1n) is 7.73. The molecule has 0 aromatic heterocycles. The van der Waals surface area contributed by atoms with E-state index in [-0.39, 0.29) is 17.7 Å². The van der Waals surface area contributed by atoms with Crippen LogP contribution >= 0.6 is 27.7 Å². The van der Waals surface area contributed by atoms with Gasteiger partial charge in [-0.15, -0.1) is 0 Å². The molecule has 0 atom stereocenters. The fourth-order valence-electron chi connectivity index (χ4n) is 2.53. The van der Waals surface area contributed by atoms with Crippen LogP contribution in [0.15, 0.2) is 51.8 Å². The number of rotatable bonds is 5. The average Bonchev–Trinajstić information content (AvgIpc) is 2.89. The molecule has 2 aromatic rings. The Balaban J connectivity index is 1.85. The van der Waals surface area contributed by atoms with Crippen molar-refractivity contribution < 1.29 is 19.1 Å². The molecule has 2 aromatic carbocycles. The summed E-state index contributed by atoms with van der Waals surface area (Å²) in [5.74, 6) is 0.919. The van der Waals surface area contributed by atoms with Crippen molar-refractivity contribution in [2.75, 3.05) is 14.2 Å². The van der Waals surface area contributed by atoms with Crippen LogP contribution in [0.3, 0.4) is 0 Å². The molecule has 1 saturated heterocycles. The topological polar surface area (TPSA) is 55.8 Å². The van der Waals surface area contributed by atoms with E-state index in [0.29, 0.717) is 22.0 Å². The van der Waals surface area contributed by atoms with Crippen LogP contribution in [0.25, 0.3) is 6.08 Å². The Labute approximate surface area is 164 Å². The third kappa shape index (κ3) is 3.94. The average molecular weight is 434 g/mol. The first-order valence-corrected chi connectivity index (χ1v) is 9.34. The van der Waals surface area contributed by atoms with E-state index in [1.54, 1.807) is 38.5 Å². The minimum Gasteiger partial charge on any atom is -0.497 e. The van der Waals surface area contributed by atoms with Gasteiger partial charge in [0.15, 0.2) is 0 Å². The lowest BCUT2D eigenvalue weighted by atomic mass is 10.1. The van der Waals surface area contributed by atoms with Gasteiger partial charge in [0.25, 0.3) is 11.1 Å². The van der Waals surface area contributed by atoms with Crippen molar-refractivity contribution in [1.82, 2.24) is 4.90 Å². The number of imide groups is 1. The first-order chi connectivity index (χ1) is 12.5. The van der Waals surface area contributed by atoms with Crippen molar-refractivity contribution >= 4 is 44.9 Å². The van der Waals surface area contributed by atoms with Crippen molar-refractivity contribution in [3.05, 3.63) is 63.0 Å². The van der Waals surface area contributed by atoms with Crippen molar-refractivity contribution in [3.8, 4) is 11.5 Å². The fourth-order valence-corrected chi connectivity index (χ4v) is 3.81. The van der Waals surface area contributed by atoms with E-state index in [9.17, 15) is 9.59 Å². The fraction of sp³-hybridized carbons (Fsp3) is 0.158. The smallest absolute Gasteiger partial charge is 0.293 e. The summed E-state index contributed by atoms with van der Waals surface area (Å²) < 4.78 is 11.4.